The maximum atomic E-state index is 5.56. The van der Waals surface area contributed by atoms with Gasteiger partial charge in [-0.3, -0.25) is 0 Å². The summed E-state index contributed by atoms with van der Waals surface area (Å²) >= 11 is 0. The molecule has 1 aliphatic rings. The second-order valence-corrected chi connectivity index (χ2v) is 2.94. The molecule has 0 amide bonds. The van der Waals surface area contributed by atoms with Crippen LogP contribution in [0.15, 0.2) is 23.4 Å². The number of rotatable bonds is 3. The Morgan fingerprint density at radius 1 is 1.64 bits per heavy atom. The molecule has 1 aromatic heterocycles. The van der Waals surface area contributed by atoms with Crippen molar-refractivity contribution in [2.45, 2.75) is 6.10 Å². The van der Waals surface area contributed by atoms with E-state index >= 15 is 0 Å². The highest BCUT2D eigenvalue weighted by molar-refractivity contribution is 5.75. The maximum Gasteiger partial charge on any atom is 0.148 e. The molecular weight excluding hydrogens is 182 g/mol. The number of hydrazine groups is 1. The van der Waals surface area contributed by atoms with Gasteiger partial charge in [-0.25, -0.2) is 15.8 Å². The summed E-state index contributed by atoms with van der Waals surface area (Å²) in [7, 11) is 0. The number of anilines is 1. The minimum atomic E-state index is 0.214. The molecule has 1 aromatic rings. The predicted octanol–water partition coefficient (Wildman–Crippen LogP) is -0.265. The number of nitrogens with zero attached hydrogens (tertiary/aromatic N) is 3. The van der Waals surface area contributed by atoms with Crippen molar-refractivity contribution in [2.75, 3.05) is 11.6 Å². The highest BCUT2D eigenvalue weighted by atomic mass is 16.6. The van der Waals surface area contributed by atoms with Crippen LogP contribution in [0.2, 0.25) is 0 Å². The Balaban J connectivity index is 2.12. The van der Waals surface area contributed by atoms with Gasteiger partial charge in [-0.05, 0) is 6.07 Å². The minimum absolute atomic E-state index is 0.214. The van der Waals surface area contributed by atoms with Crippen molar-refractivity contribution in [3.63, 3.8) is 0 Å². The number of ether oxygens (including phenoxy) is 1. The lowest BCUT2D eigenvalue weighted by atomic mass is 10.2. The molecule has 6 heteroatoms. The molecule has 1 atom stereocenters. The molecule has 1 aliphatic heterocycles. The normalized spacial score (nSPS) is 19.9. The molecular formula is C8H11N5O. The van der Waals surface area contributed by atoms with E-state index in [1.807, 2.05) is 6.07 Å². The summed E-state index contributed by atoms with van der Waals surface area (Å²) in [4.78, 5) is 4.13. The third-order valence-corrected chi connectivity index (χ3v) is 1.93. The van der Waals surface area contributed by atoms with Gasteiger partial charge < -0.3 is 10.6 Å². The molecule has 2 rings (SSSR count). The Labute approximate surface area is 81.1 Å². The number of pyridine rings is 1. The topological polar surface area (TPSA) is 93.1 Å². The number of hydrogen-bond acceptors (Lipinski definition) is 5. The average Bonchev–Trinajstić information content (AvgIpc) is 3.02. The van der Waals surface area contributed by atoms with Crippen molar-refractivity contribution in [2.24, 2.45) is 16.8 Å². The molecule has 0 bridgehead atoms. The minimum Gasteiger partial charge on any atom is -0.368 e. The number of hydrazone groups is 1. The summed E-state index contributed by atoms with van der Waals surface area (Å²) in [5, 5.41) is 4.54. The molecule has 1 saturated heterocycles. The monoisotopic (exact) mass is 193 g/mol. The van der Waals surface area contributed by atoms with Gasteiger partial charge >= 0.3 is 0 Å². The van der Waals surface area contributed by atoms with Gasteiger partial charge in [-0.15, -0.1) is 0 Å². The first-order chi connectivity index (χ1) is 6.81. The first kappa shape index (κ1) is 8.92. The summed E-state index contributed by atoms with van der Waals surface area (Å²) in [6.07, 6.45) is 3.23. The van der Waals surface area contributed by atoms with E-state index in [4.69, 9.17) is 16.4 Å². The van der Waals surface area contributed by atoms with Crippen molar-refractivity contribution in [1.82, 2.24) is 4.98 Å². The van der Waals surface area contributed by atoms with Crippen LogP contribution < -0.4 is 16.7 Å². The van der Waals surface area contributed by atoms with Crippen LogP contribution in [0.5, 0.6) is 0 Å². The lowest BCUT2D eigenvalue weighted by Crippen LogP contribution is -2.30. The number of hydrogen-bond donors (Lipinski definition) is 2. The average molecular weight is 193 g/mol. The Hall–Kier alpha value is -1.66. The van der Waals surface area contributed by atoms with Gasteiger partial charge in [0, 0.05) is 11.8 Å². The van der Waals surface area contributed by atoms with Gasteiger partial charge in [0.25, 0.3) is 0 Å². The van der Waals surface area contributed by atoms with Crippen LogP contribution in [0.4, 0.5) is 5.82 Å². The Bertz CT molecular complexity index is 332. The van der Waals surface area contributed by atoms with Crippen molar-refractivity contribution >= 4 is 12.2 Å². The summed E-state index contributed by atoms with van der Waals surface area (Å²) in [6, 6.07) is 3.71. The lowest BCUT2D eigenvalue weighted by Gasteiger charge is -2.10. The fourth-order valence-electron chi connectivity index (χ4n) is 1.11. The van der Waals surface area contributed by atoms with E-state index in [0.29, 0.717) is 5.82 Å². The maximum absolute atomic E-state index is 5.56. The molecule has 0 spiro atoms. The Morgan fingerprint density at radius 2 is 2.43 bits per heavy atom. The highest BCUT2D eigenvalue weighted by Gasteiger charge is 2.24. The molecule has 4 N–H and O–H groups in total. The summed E-state index contributed by atoms with van der Waals surface area (Å²) in [6.45, 7) is 0.775. The first-order valence-electron chi connectivity index (χ1n) is 4.16. The Kier molecular flexibility index (Phi) is 2.30. The molecule has 14 heavy (non-hydrogen) atoms. The van der Waals surface area contributed by atoms with Gasteiger partial charge in [0.15, 0.2) is 0 Å². The van der Waals surface area contributed by atoms with Crippen LogP contribution in [-0.4, -0.2) is 17.9 Å². The van der Waals surface area contributed by atoms with Crippen molar-refractivity contribution in [3.8, 4) is 0 Å². The van der Waals surface area contributed by atoms with E-state index < -0.39 is 0 Å². The van der Waals surface area contributed by atoms with E-state index in [1.54, 1.807) is 12.3 Å². The van der Waals surface area contributed by atoms with Gasteiger partial charge in [0.2, 0.25) is 0 Å². The van der Waals surface area contributed by atoms with Crippen LogP contribution >= 0.6 is 0 Å². The summed E-state index contributed by atoms with van der Waals surface area (Å²) in [5.74, 6) is 11.1. The third-order valence-electron chi connectivity index (χ3n) is 1.93. The molecule has 0 unspecified atom stereocenters. The summed E-state index contributed by atoms with van der Waals surface area (Å²) < 4.78 is 5.11. The molecule has 0 radical (unpaired) electrons. The summed E-state index contributed by atoms with van der Waals surface area (Å²) in [5.41, 5.74) is 1.06. The van der Waals surface area contributed by atoms with Gasteiger partial charge in [0.1, 0.15) is 18.3 Å². The quantitative estimate of drug-likeness (QED) is 0.227. The highest BCUT2D eigenvalue weighted by Crippen LogP contribution is 2.29. The molecule has 1 fully saturated rings. The van der Waals surface area contributed by atoms with Crippen molar-refractivity contribution in [1.29, 1.82) is 0 Å². The molecule has 0 saturated carbocycles. The first-order valence-corrected chi connectivity index (χ1v) is 4.16. The zero-order valence-corrected chi connectivity index (χ0v) is 7.50. The third kappa shape index (κ3) is 1.81. The molecule has 0 aliphatic carbocycles. The second kappa shape index (κ2) is 3.60. The van der Waals surface area contributed by atoms with Crippen LogP contribution in [0, 0.1) is 0 Å². The van der Waals surface area contributed by atoms with Crippen LogP contribution in [0.3, 0.4) is 0 Å². The number of epoxide rings is 1. The van der Waals surface area contributed by atoms with Crippen LogP contribution in [-0.2, 0) is 4.74 Å². The lowest BCUT2D eigenvalue weighted by molar-refractivity contribution is 0.415. The Morgan fingerprint density at radius 3 is 2.93 bits per heavy atom. The molecule has 6 nitrogen and oxygen atoms in total. The van der Waals surface area contributed by atoms with E-state index in [1.165, 1.54) is 11.3 Å². The number of aromatic nitrogens is 1. The molecule has 0 aromatic carbocycles. The van der Waals surface area contributed by atoms with E-state index in [9.17, 15) is 0 Å². The smallest absolute Gasteiger partial charge is 0.148 e. The predicted molar refractivity (Wildman–Crippen MR) is 52.3 cm³/mol. The van der Waals surface area contributed by atoms with Crippen molar-refractivity contribution < 1.29 is 4.74 Å². The molecule has 2 heterocycles. The molecule has 74 valence electrons. The largest absolute Gasteiger partial charge is 0.368 e. The van der Waals surface area contributed by atoms with E-state index in [-0.39, 0.29) is 6.10 Å². The zero-order valence-electron chi connectivity index (χ0n) is 7.50. The standard InChI is InChI=1S/C8H11N5O/c9-12-5-13(10)8-2-1-6(3-11-8)7-4-14-7/h1-3,5,7H,4,9-10H2/b12-5-/t7-/m1/s1. The second-order valence-electron chi connectivity index (χ2n) is 2.94. The van der Waals surface area contributed by atoms with E-state index in [0.717, 1.165) is 12.2 Å². The van der Waals surface area contributed by atoms with Crippen LogP contribution in [0.25, 0.3) is 0 Å². The number of nitrogens with two attached hydrogens (primary N) is 2. The fraction of sp³-hybridized carbons (Fsp3) is 0.250. The zero-order chi connectivity index (χ0) is 9.97. The van der Waals surface area contributed by atoms with Gasteiger partial charge in [0.05, 0.1) is 6.61 Å². The van der Waals surface area contributed by atoms with Crippen molar-refractivity contribution in [3.05, 3.63) is 23.9 Å². The SMILES string of the molecule is N/N=C\N(N)c1ccc([C@H]2CO2)cn1. The fourth-order valence-corrected chi connectivity index (χ4v) is 1.11. The van der Waals surface area contributed by atoms with Gasteiger partial charge in [-0.2, -0.15) is 5.10 Å². The van der Waals surface area contributed by atoms with E-state index in [2.05, 4.69) is 10.1 Å². The van der Waals surface area contributed by atoms with Crippen LogP contribution in [0.1, 0.15) is 11.7 Å². The van der Waals surface area contributed by atoms with Gasteiger partial charge in [-0.1, -0.05) is 6.07 Å².